The molecular weight excluding hydrogens is 262 g/mol. The molecule has 0 saturated carbocycles. The smallest absolute Gasteiger partial charge is 0.261 e. The molecule has 0 bridgehead atoms. The van der Waals surface area contributed by atoms with Crippen LogP contribution in [-0.4, -0.2) is 11.8 Å². The molecule has 0 radical (unpaired) electrons. The van der Waals surface area contributed by atoms with Crippen LogP contribution in [0.15, 0.2) is 35.9 Å². The van der Waals surface area contributed by atoms with Crippen molar-refractivity contribution in [2.24, 2.45) is 5.92 Å². The lowest BCUT2D eigenvalue weighted by Gasteiger charge is -2.13. The van der Waals surface area contributed by atoms with Crippen LogP contribution in [0, 0.1) is 12.8 Å². The summed E-state index contributed by atoms with van der Waals surface area (Å²) in [6, 6.07) is 7.50. The molecule has 1 fully saturated rings. The molecule has 1 saturated heterocycles. The molecule has 1 aliphatic heterocycles. The van der Waals surface area contributed by atoms with Gasteiger partial charge in [-0.05, 0) is 38.8 Å². The molecular formula is C18H23NO2. The highest BCUT2D eigenvalue weighted by molar-refractivity contribution is 6.29. The molecule has 2 rings (SSSR count). The van der Waals surface area contributed by atoms with Crippen molar-refractivity contribution >= 4 is 17.5 Å². The van der Waals surface area contributed by atoms with Crippen LogP contribution in [0.3, 0.4) is 0 Å². The fraction of sp³-hybridized carbons (Fsp3) is 0.444. The molecule has 0 aromatic heterocycles. The summed E-state index contributed by atoms with van der Waals surface area (Å²) in [7, 11) is 0. The Kier molecular flexibility index (Phi) is 4.94. The van der Waals surface area contributed by atoms with Crippen molar-refractivity contribution in [3.05, 3.63) is 41.5 Å². The van der Waals surface area contributed by atoms with Gasteiger partial charge in [0.2, 0.25) is 5.91 Å². The van der Waals surface area contributed by atoms with Crippen molar-refractivity contribution in [2.45, 2.75) is 46.5 Å². The Labute approximate surface area is 126 Å². The zero-order chi connectivity index (χ0) is 15.4. The summed E-state index contributed by atoms with van der Waals surface area (Å²) >= 11 is 0. The SMILES string of the molecule is CCCCC/C=C1/C(=O)N(c2ccc(C)cc2)C(=O)C1C. The zero-order valence-corrected chi connectivity index (χ0v) is 13.1. The van der Waals surface area contributed by atoms with Gasteiger partial charge < -0.3 is 0 Å². The molecule has 1 aromatic rings. The van der Waals surface area contributed by atoms with E-state index in [0.29, 0.717) is 11.3 Å². The molecule has 0 N–H and O–H groups in total. The molecule has 1 atom stereocenters. The number of allylic oxidation sites excluding steroid dienone is 1. The van der Waals surface area contributed by atoms with Crippen LogP contribution in [0.5, 0.6) is 0 Å². The maximum Gasteiger partial charge on any atom is 0.261 e. The van der Waals surface area contributed by atoms with E-state index in [2.05, 4.69) is 6.92 Å². The number of hydrogen-bond donors (Lipinski definition) is 0. The van der Waals surface area contributed by atoms with E-state index >= 15 is 0 Å². The van der Waals surface area contributed by atoms with Crippen LogP contribution in [0.1, 0.15) is 45.1 Å². The van der Waals surface area contributed by atoms with Crippen LogP contribution in [0.2, 0.25) is 0 Å². The van der Waals surface area contributed by atoms with Crippen molar-refractivity contribution in [3.8, 4) is 0 Å². The second kappa shape index (κ2) is 6.70. The maximum atomic E-state index is 12.5. The van der Waals surface area contributed by atoms with Gasteiger partial charge in [0.1, 0.15) is 0 Å². The van der Waals surface area contributed by atoms with E-state index < -0.39 is 0 Å². The average molecular weight is 285 g/mol. The van der Waals surface area contributed by atoms with Crippen LogP contribution in [0.25, 0.3) is 0 Å². The number of amides is 2. The summed E-state index contributed by atoms with van der Waals surface area (Å²) in [6.45, 7) is 5.96. The average Bonchev–Trinajstić information content (AvgIpc) is 2.68. The van der Waals surface area contributed by atoms with E-state index in [0.717, 1.165) is 31.2 Å². The van der Waals surface area contributed by atoms with Crippen LogP contribution >= 0.6 is 0 Å². The van der Waals surface area contributed by atoms with Crippen molar-refractivity contribution in [1.82, 2.24) is 0 Å². The Morgan fingerprint density at radius 2 is 1.81 bits per heavy atom. The van der Waals surface area contributed by atoms with E-state index in [1.165, 1.54) is 4.90 Å². The third-order valence-electron chi connectivity index (χ3n) is 3.97. The van der Waals surface area contributed by atoms with Gasteiger partial charge in [0.25, 0.3) is 5.91 Å². The van der Waals surface area contributed by atoms with Gasteiger partial charge >= 0.3 is 0 Å². The number of nitrogens with zero attached hydrogens (tertiary/aromatic N) is 1. The number of hydrogen-bond acceptors (Lipinski definition) is 2. The van der Waals surface area contributed by atoms with Gasteiger partial charge in [-0.15, -0.1) is 0 Å². The van der Waals surface area contributed by atoms with Crippen LogP contribution < -0.4 is 4.90 Å². The van der Waals surface area contributed by atoms with Crippen molar-refractivity contribution < 1.29 is 9.59 Å². The first kappa shape index (κ1) is 15.5. The van der Waals surface area contributed by atoms with Gasteiger partial charge in [0, 0.05) is 5.57 Å². The second-order valence-corrected chi connectivity index (χ2v) is 5.69. The summed E-state index contributed by atoms with van der Waals surface area (Å²) in [5.74, 6) is -0.612. The molecule has 1 aromatic carbocycles. The number of benzene rings is 1. The molecule has 3 nitrogen and oxygen atoms in total. The van der Waals surface area contributed by atoms with Crippen LogP contribution in [-0.2, 0) is 9.59 Å². The van der Waals surface area contributed by atoms with Gasteiger partial charge in [-0.2, -0.15) is 0 Å². The lowest BCUT2D eigenvalue weighted by Crippen LogP contribution is -2.30. The highest BCUT2D eigenvalue weighted by Crippen LogP contribution is 2.30. The van der Waals surface area contributed by atoms with Gasteiger partial charge in [-0.25, -0.2) is 4.90 Å². The van der Waals surface area contributed by atoms with Gasteiger partial charge in [0.15, 0.2) is 0 Å². The Hall–Kier alpha value is -1.90. The Balaban J connectivity index is 2.20. The Bertz CT molecular complexity index is 557. The fourth-order valence-electron chi connectivity index (χ4n) is 2.60. The molecule has 1 unspecified atom stereocenters. The number of aryl methyl sites for hydroxylation is 1. The maximum absolute atomic E-state index is 12.5. The number of rotatable bonds is 5. The number of anilines is 1. The molecule has 112 valence electrons. The largest absolute Gasteiger partial charge is 0.273 e. The highest BCUT2D eigenvalue weighted by atomic mass is 16.2. The minimum absolute atomic E-state index is 0.120. The zero-order valence-electron chi connectivity index (χ0n) is 13.1. The molecule has 21 heavy (non-hydrogen) atoms. The summed E-state index contributed by atoms with van der Waals surface area (Å²) in [5, 5.41) is 0. The summed E-state index contributed by atoms with van der Waals surface area (Å²) in [5.41, 5.74) is 2.43. The van der Waals surface area contributed by atoms with E-state index in [1.807, 2.05) is 44.2 Å². The number of carbonyl (C=O) groups excluding carboxylic acids is 2. The highest BCUT2D eigenvalue weighted by Gasteiger charge is 2.40. The first-order valence-electron chi connectivity index (χ1n) is 7.71. The normalized spacial score (nSPS) is 20.6. The molecule has 2 amide bonds. The lowest BCUT2D eigenvalue weighted by atomic mass is 10.0. The van der Waals surface area contributed by atoms with E-state index in [1.54, 1.807) is 0 Å². The van der Waals surface area contributed by atoms with Gasteiger partial charge in [-0.3, -0.25) is 9.59 Å². The predicted octanol–water partition coefficient (Wildman–Crippen LogP) is 4.01. The first-order valence-corrected chi connectivity index (χ1v) is 7.71. The monoisotopic (exact) mass is 285 g/mol. The Morgan fingerprint density at radius 1 is 1.14 bits per heavy atom. The standard InChI is InChI=1S/C18H23NO2/c1-4-5-6-7-8-16-14(3)17(20)19(18(16)21)15-11-9-13(2)10-12-15/h8-12,14H,4-7H2,1-3H3/b16-8+. The third-order valence-corrected chi connectivity index (χ3v) is 3.97. The minimum atomic E-state index is -0.333. The second-order valence-electron chi connectivity index (χ2n) is 5.69. The summed E-state index contributed by atoms with van der Waals surface area (Å²) in [6.07, 6.45) is 6.20. The molecule has 1 aliphatic rings. The predicted molar refractivity (Wildman–Crippen MR) is 85.1 cm³/mol. The quantitative estimate of drug-likeness (QED) is 0.465. The topological polar surface area (TPSA) is 37.4 Å². The Morgan fingerprint density at radius 3 is 2.43 bits per heavy atom. The lowest BCUT2D eigenvalue weighted by molar-refractivity contribution is -0.122. The van der Waals surface area contributed by atoms with E-state index in [-0.39, 0.29) is 17.7 Å². The molecule has 0 spiro atoms. The van der Waals surface area contributed by atoms with E-state index in [4.69, 9.17) is 0 Å². The van der Waals surface area contributed by atoms with Crippen molar-refractivity contribution in [2.75, 3.05) is 4.90 Å². The summed E-state index contributed by atoms with van der Waals surface area (Å²) in [4.78, 5) is 26.2. The molecule has 3 heteroatoms. The van der Waals surface area contributed by atoms with Crippen LogP contribution in [0.4, 0.5) is 5.69 Å². The summed E-state index contributed by atoms with van der Waals surface area (Å²) < 4.78 is 0. The molecule has 0 aliphatic carbocycles. The number of carbonyl (C=O) groups is 2. The molecule has 1 heterocycles. The number of imide groups is 1. The van der Waals surface area contributed by atoms with E-state index in [9.17, 15) is 9.59 Å². The van der Waals surface area contributed by atoms with Gasteiger partial charge in [0.05, 0.1) is 11.6 Å². The first-order chi connectivity index (χ1) is 10.1. The van der Waals surface area contributed by atoms with Crippen molar-refractivity contribution in [3.63, 3.8) is 0 Å². The van der Waals surface area contributed by atoms with Gasteiger partial charge in [-0.1, -0.05) is 43.5 Å². The fourth-order valence-corrected chi connectivity index (χ4v) is 2.60. The third kappa shape index (κ3) is 3.23. The van der Waals surface area contributed by atoms with Crippen molar-refractivity contribution in [1.29, 1.82) is 0 Å². The minimum Gasteiger partial charge on any atom is -0.273 e. The number of unbranched alkanes of at least 4 members (excludes halogenated alkanes) is 3.